The van der Waals surface area contributed by atoms with Crippen LogP contribution in [-0.2, 0) is 9.59 Å². The van der Waals surface area contributed by atoms with Crippen LogP contribution in [0.1, 0.15) is 26.0 Å². The third-order valence-electron chi connectivity index (χ3n) is 4.68. The fourth-order valence-electron chi connectivity index (χ4n) is 3.21. The number of carboxylic acids is 1. The van der Waals surface area contributed by atoms with Gasteiger partial charge in [-0.1, -0.05) is 37.8 Å². The number of thiocarbonyl (C=S) groups is 1. The molecule has 0 spiro atoms. The third-order valence-corrected chi connectivity index (χ3v) is 6.01. The molecule has 1 fully saturated rings. The summed E-state index contributed by atoms with van der Waals surface area (Å²) in [6.07, 6.45) is 1.72. The van der Waals surface area contributed by atoms with Gasteiger partial charge in [0.15, 0.2) is 0 Å². The first-order valence-corrected chi connectivity index (χ1v) is 10.8. The van der Waals surface area contributed by atoms with Gasteiger partial charge in [-0.3, -0.25) is 19.8 Å². The molecular formula is C21H20N2O7S2. The Morgan fingerprint density at radius 1 is 1.38 bits per heavy atom. The SMILES string of the molecule is COc1ccc(-c2ccc(/C=C3\SC(=S)N([C@H](CC(C)C)C(=O)O)C3=O)o2)c([N+](=O)[O-])c1. The molecule has 2 heterocycles. The molecule has 1 aliphatic rings. The van der Waals surface area contributed by atoms with Crippen molar-refractivity contribution < 1.29 is 28.8 Å². The van der Waals surface area contributed by atoms with E-state index < -0.39 is 22.8 Å². The Morgan fingerprint density at radius 2 is 2.09 bits per heavy atom. The molecule has 1 aliphatic heterocycles. The van der Waals surface area contributed by atoms with Gasteiger partial charge in [0, 0.05) is 6.08 Å². The zero-order valence-electron chi connectivity index (χ0n) is 17.4. The van der Waals surface area contributed by atoms with Crippen LogP contribution >= 0.6 is 24.0 Å². The quantitative estimate of drug-likeness (QED) is 0.253. The summed E-state index contributed by atoms with van der Waals surface area (Å²) in [5.74, 6) is -0.724. The van der Waals surface area contributed by atoms with Crippen molar-refractivity contribution in [2.45, 2.75) is 26.3 Å². The molecule has 168 valence electrons. The van der Waals surface area contributed by atoms with E-state index in [0.29, 0.717) is 5.75 Å². The number of carbonyl (C=O) groups excluding carboxylic acids is 1. The highest BCUT2D eigenvalue weighted by molar-refractivity contribution is 8.26. The van der Waals surface area contributed by atoms with Gasteiger partial charge in [-0.25, -0.2) is 4.79 Å². The second-order valence-corrected chi connectivity index (χ2v) is 9.05. The van der Waals surface area contributed by atoms with Crippen molar-refractivity contribution in [1.82, 2.24) is 4.90 Å². The maximum absolute atomic E-state index is 12.9. The van der Waals surface area contributed by atoms with Gasteiger partial charge in [0.2, 0.25) is 0 Å². The number of nitro groups is 1. The number of amides is 1. The summed E-state index contributed by atoms with van der Waals surface area (Å²) in [4.78, 5) is 36.8. The zero-order valence-corrected chi connectivity index (χ0v) is 19.1. The molecule has 1 aromatic heterocycles. The van der Waals surface area contributed by atoms with Crippen molar-refractivity contribution in [2.75, 3.05) is 7.11 Å². The lowest BCUT2D eigenvalue weighted by molar-refractivity contribution is -0.384. The maximum Gasteiger partial charge on any atom is 0.326 e. The van der Waals surface area contributed by atoms with Crippen LogP contribution in [0.4, 0.5) is 5.69 Å². The number of rotatable bonds is 8. The monoisotopic (exact) mass is 476 g/mol. The van der Waals surface area contributed by atoms with Crippen LogP contribution in [-0.4, -0.2) is 44.3 Å². The van der Waals surface area contributed by atoms with E-state index >= 15 is 0 Å². The van der Waals surface area contributed by atoms with Gasteiger partial charge in [-0.2, -0.15) is 0 Å². The minimum Gasteiger partial charge on any atom is -0.497 e. The molecule has 3 rings (SSSR count). The standard InChI is InChI=1S/C21H20N2O7S2/c1-11(2)8-16(20(25)26)22-19(24)18(32-21(22)31)10-13-5-7-17(30-13)14-6-4-12(29-3)9-15(14)23(27)28/h4-7,9-11,16H,8H2,1-3H3,(H,25,26)/b18-10-/t16-/m1/s1. The van der Waals surface area contributed by atoms with Gasteiger partial charge in [-0.05, 0) is 36.6 Å². The van der Waals surface area contributed by atoms with E-state index in [2.05, 4.69) is 0 Å². The minimum absolute atomic E-state index is 0.0534. The Morgan fingerprint density at radius 3 is 2.69 bits per heavy atom. The van der Waals surface area contributed by atoms with Crippen molar-refractivity contribution in [3.8, 4) is 17.1 Å². The van der Waals surface area contributed by atoms with Crippen LogP contribution in [0.2, 0.25) is 0 Å². The number of carbonyl (C=O) groups is 2. The lowest BCUT2D eigenvalue weighted by Gasteiger charge is -2.24. The number of methoxy groups -OCH3 is 1. The highest BCUT2D eigenvalue weighted by Gasteiger charge is 2.40. The van der Waals surface area contributed by atoms with Crippen molar-refractivity contribution in [1.29, 1.82) is 0 Å². The Bertz CT molecular complexity index is 1120. The minimum atomic E-state index is -1.12. The molecule has 0 unspecified atom stereocenters. The predicted molar refractivity (Wildman–Crippen MR) is 123 cm³/mol. The topological polar surface area (TPSA) is 123 Å². The van der Waals surface area contributed by atoms with Gasteiger partial charge in [0.1, 0.15) is 27.6 Å². The van der Waals surface area contributed by atoms with Crippen molar-refractivity contribution >= 4 is 51.9 Å². The van der Waals surface area contributed by atoms with Gasteiger partial charge in [-0.15, -0.1) is 0 Å². The van der Waals surface area contributed by atoms with Gasteiger partial charge in [0.25, 0.3) is 11.6 Å². The van der Waals surface area contributed by atoms with Crippen LogP contribution in [0, 0.1) is 16.0 Å². The molecule has 0 radical (unpaired) electrons. The molecule has 1 saturated heterocycles. The van der Waals surface area contributed by atoms with Crippen LogP contribution in [0.15, 0.2) is 39.7 Å². The second-order valence-electron chi connectivity index (χ2n) is 7.38. The van der Waals surface area contributed by atoms with Crippen molar-refractivity contribution in [3.63, 3.8) is 0 Å². The largest absolute Gasteiger partial charge is 0.497 e. The van der Waals surface area contributed by atoms with E-state index in [-0.39, 0.29) is 44.3 Å². The predicted octanol–water partition coefficient (Wildman–Crippen LogP) is 4.56. The summed E-state index contributed by atoms with van der Waals surface area (Å²) in [6, 6.07) is 6.46. The Labute approximate surface area is 193 Å². The molecule has 9 nitrogen and oxygen atoms in total. The summed E-state index contributed by atoms with van der Waals surface area (Å²) in [6.45, 7) is 3.73. The van der Waals surface area contributed by atoms with Gasteiger partial charge >= 0.3 is 5.97 Å². The number of thioether (sulfide) groups is 1. The van der Waals surface area contributed by atoms with E-state index in [4.69, 9.17) is 21.4 Å². The summed E-state index contributed by atoms with van der Waals surface area (Å²) >= 11 is 6.25. The molecule has 1 N–H and O–H groups in total. The molecule has 2 aromatic rings. The van der Waals surface area contributed by atoms with Crippen molar-refractivity contribution in [2.24, 2.45) is 5.92 Å². The second kappa shape index (κ2) is 9.53. The highest BCUT2D eigenvalue weighted by atomic mass is 32.2. The number of carboxylic acid groups (broad SMARTS) is 1. The third kappa shape index (κ3) is 4.83. The average Bonchev–Trinajstić information content (AvgIpc) is 3.30. The lowest BCUT2D eigenvalue weighted by atomic mass is 10.0. The van der Waals surface area contributed by atoms with Crippen LogP contribution in [0.5, 0.6) is 5.75 Å². The summed E-state index contributed by atoms with van der Waals surface area (Å²) in [7, 11) is 1.41. The molecular weight excluding hydrogens is 456 g/mol. The van der Waals surface area contributed by atoms with Gasteiger partial charge in [0.05, 0.1) is 28.6 Å². The van der Waals surface area contributed by atoms with Crippen LogP contribution < -0.4 is 4.74 Å². The van der Waals surface area contributed by atoms with E-state index in [9.17, 15) is 24.8 Å². The summed E-state index contributed by atoms with van der Waals surface area (Å²) < 4.78 is 10.9. The normalized spacial score (nSPS) is 16.1. The lowest BCUT2D eigenvalue weighted by Crippen LogP contribution is -2.44. The van der Waals surface area contributed by atoms with E-state index in [0.717, 1.165) is 16.7 Å². The van der Waals surface area contributed by atoms with E-state index in [1.165, 1.54) is 25.3 Å². The summed E-state index contributed by atoms with van der Waals surface area (Å²) in [5.41, 5.74) is 0.0698. The first-order valence-electron chi connectivity index (χ1n) is 9.54. The molecule has 1 aromatic carbocycles. The maximum atomic E-state index is 12.9. The Kier molecular flexibility index (Phi) is 6.99. The number of furan rings is 1. The fourth-order valence-corrected chi connectivity index (χ4v) is 4.55. The molecule has 32 heavy (non-hydrogen) atoms. The Balaban J connectivity index is 1.90. The summed E-state index contributed by atoms with van der Waals surface area (Å²) in [5, 5.41) is 21.0. The molecule has 0 aliphatic carbocycles. The van der Waals surface area contributed by atoms with E-state index in [1.54, 1.807) is 18.2 Å². The van der Waals surface area contributed by atoms with Crippen molar-refractivity contribution in [3.05, 3.63) is 51.1 Å². The first-order chi connectivity index (χ1) is 15.1. The molecule has 0 bridgehead atoms. The molecule has 1 atom stereocenters. The number of benzene rings is 1. The number of nitro benzene ring substituents is 1. The molecule has 0 saturated carbocycles. The zero-order chi connectivity index (χ0) is 23.6. The number of nitrogens with zero attached hydrogens (tertiary/aromatic N) is 2. The number of hydrogen-bond donors (Lipinski definition) is 1. The fraction of sp³-hybridized carbons (Fsp3) is 0.286. The number of hydrogen-bond acceptors (Lipinski definition) is 8. The first kappa shape index (κ1) is 23.5. The van der Waals surface area contributed by atoms with Crippen LogP contribution in [0.25, 0.3) is 17.4 Å². The smallest absolute Gasteiger partial charge is 0.326 e. The molecule has 1 amide bonds. The number of aliphatic carboxylic acids is 1. The van der Waals surface area contributed by atoms with Gasteiger partial charge < -0.3 is 14.3 Å². The number of ether oxygens (including phenoxy) is 1. The Hall–Kier alpha value is -3.18. The van der Waals surface area contributed by atoms with Crippen LogP contribution in [0.3, 0.4) is 0 Å². The highest BCUT2D eigenvalue weighted by Crippen LogP contribution is 2.37. The average molecular weight is 477 g/mol. The molecule has 11 heteroatoms. The van der Waals surface area contributed by atoms with E-state index in [1.807, 2.05) is 13.8 Å².